The van der Waals surface area contributed by atoms with Gasteiger partial charge in [0.05, 0.1) is 6.54 Å². The van der Waals surface area contributed by atoms with Crippen molar-refractivity contribution in [2.45, 2.75) is 32.1 Å². The normalized spacial score (nSPS) is 19.6. The number of carbonyl (C=O) groups excluding carboxylic acids is 1. The fourth-order valence-corrected chi connectivity index (χ4v) is 3.33. The number of Topliss-reactive ketones (excluding diaryl/α,β-unsaturated/α-hetero) is 1. The van der Waals surface area contributed by atoms with Crippen molar-refractivity contribution < 1.29 is 4.79 Å². The van der Waals surface area contributed by atoms with E-state index in [-0.39, 0.29) is 0 Å². The van der Waals surface area contributed by atoms with Gasteiger partial charge in [0.1, 0.15) is 0 Å². The van der Waals surface area contributed by atoms with Crippen molar-refractivity contribution in [3.63, 3.8) is 0 Å². The third kappa shape index (κ3) is 3.47. The van der Waals surface area contributed by atoms with Gasteiger partial charge in [-0.05, 0) is 55.5 Å². The maximum Gasteiger partial charge on any atom is 0.151 e. The van der Waals surface area contributed by atoms with Gasteiger partial charge in [-0.25, -0.2) is 0 Å². The van der Waals surface area contributed by atoms with Gasteiger partial charge in [0.25, 0.3) is 0 Å². The molecular weight excluding hydrogens is 248 g/mol. The number of hydrogen-bond acceptors (Lipinski definition) is 3. The molecule has 1 heterocycles. The topological polar surface area (TPSA) is 32.3 Å². The van der Waals surface area contributed by atoms with Crippen molar-refractivity contribution >= 4 is 5.78 Å². The van der Waals surface area contributed by atoms with E-state index < -0.39 is 0 Å². The van der Waals surface area contributed by atoms with Crippen LogP contribution in [-0.4, -0.2) is 43.4 Å². The SMILES string of the molecule is O=C(Cc1ccc2c(c1)CCC2)CN1CCCNCC1. The Bertz CT molecular complexity index is 476. The number of nitrogens with one attached hydrogen (secondary N) is 1. The van der Waals surface area contributed by atoms with E-state index in [1.807, 2.05) is 0 Å². The molecule has 0 unspecified atom stereocenters. The fourth-order valence-electron chi connectivity index (χ4n) is 3.33. The molecule has 3 rings (SSSR count). The molecule has 2 aliphatic rings. The van der Waals surface area contributed by atoms with E-state index in [9.17, 15) is 4.79 Å². The van der Waals surface area contributed by atoms with Crippen LogP contribution in [0.4, 0.5) is 0 Å². The molecule has 20 heavy (non-hydrogen) atoms. The first-order valence-electron chi connectivity index (χ1n) is 7.87. The molecule has 1 aromatic rings. The monoisotopic (exact) mass is 272 g/mol. The molecule has 0 radical (unpaired) electrons. The zero-order valence-corrected chi connectivity index (χ0v) is 12.2. The Morgan fingerprint density at radius 1 is 1.10 bits per heavy atom. The van der Waals surface area contributed by atoms with Gasteiger partial charge in [-0.2, -0.15) is 0 Å². The Kier molecular flexibility index (Phi) is 4.48. The van der Waals surface area contributed by atoms with Crippen molar-refractivity contribution in [1.82, 2.24) is 10.2 Å². The molecular formula is C17H24N2O. The molecule has 0 spiro atoms. The molecule has 1 saturated heterocycles. The predicted octanol–water partition coefficient (Wildman–Crippen LogP) is 1.58. The van der Waals surface area contributed by atoms with E-state index in [0.717, 1.165) is 32.6 Å². The van der Waals surface area contributed by atoms with Crippen LogP contribution in [0.25, 0.3) is 0 Å². The van der Waals surface area contributed by atoms with Gasteiger partial charge >= 0.3 is 0 Å². The van der Waals surface area contributed by atoms with Gasteiger partial charge in [-0.3, -0.25) is 9.69 Å². The van der Waals surface area contributed by atoms with Gasteiger partial charge in [0.2, 0.25) is 0 Å². The molecule has 3 heteroatoms. The van der Waals surface area contributed by atoms with Crippen molar-refractivity contribution in [2.75, 3.05) is 32.7 Å². The minimum absolute atomic E-state index is 0.352. The number of nitrogens with zero attached hydrogens (tertiary/aromatic N) is 1. The maximum atomic E-state index is 12.2. The van der Waals surface area contributed by atoms with E-state index >= 15 is 0 Å². The molecule has 1 fully saturated rings. The zero-order chi connectivity index (χ0) is 13.8. The summed E-state index contributed by atoms with van der Waals surface area (Å²) in [5, 5.41) is 3.38. The smallest absolute Gasteiger partial charge is 0.151 e. The van der Waals surface area contributed by atoms with Gasteiger partial charge in [-0.1, -0.05) is 18.2 Å². The molecule has 1 N–H and O–H groups in total. The fraction of sp³-hybridized carbons (Fsp3) is 0.588. The first-order chi connectivity index (χ1) is 9.81. The molecule has 0 bridgehead atoms. The van der Waals surface area contributed by atoms with E-state index in [4.69, 9.17) is 0 Å². The van der Waals surface area contributed by atoms with E-state index in [2.05, 4.69) is 28.4 Å². The Morgan fingerprint density at radius 2 is 2.00 bits per heavy atom. The lowest BCUT2D eigenvalue weighted by Crippen LogP contribution is -2.33. The molecule has 1 aliphatic heterocycles. The molecule has 3 nitrogen and oxygen atoms in total. The van der Waals surface area contributed by atoms with Gasteiger partial charge in [0.15, 0.2) is 5.78 Å². The summed E-state index contributed by atoms with van der Waals surface area (Å²) in [4.78, 5) is 14.5. The summed E-state index contributed by atoms with van der Waals surface area (Å²) >= 11 is 0. The second-order valence-electron chi connectivity index (χ2n) is 6.05. The van der Waals surface area contributed by atoms with Crippen LogP contribution >= 0.6 is 0 Å². The highest BCUT2D eigenvalue weighted by Crippen LogP contribution is 2.23. The molecule has 0 atom stereocenters. The highest BCUT2D eigenvalue weighted by Gasteiger charge is 2.15. The summed E-state index contributed by atoms with van der Waals surface area (Å²) in [5.41, 5.74) is 4.15. The van der Waals surface area contributed by atoms with Gasteiger partial charge in [-0.15, -0.1) is 0 Å². The minimum Gasteiger partial charge on any atom is -0.315 e. The lowest BCUT2D eigenvalue weighted by molar-refractivity contribution is -0.119. The lowest BCUT2D eigenvalue weighted by Gasteiger charge is -2.18. The number of hydrogen-bond donors (Lipinski definition) is 1. The van der Waals surface area contributed by atoms with Crippen LogP contribution in [0, 0.1) is 0 Å². The lowest BCUT2D eigenvalue weighted by atomic mass is 10.0. The third-order valence-corrected chi connectivity index (χ3v) is 4.40. The predicted molar refractivity (Wildman–Crippen MR) is 81.1 cm³/mol. The standard InChI is InChI=1S/C17H24N2O/c20-17(13-19-9-2-7-18-8-10-19)12-14-5-6-15-3-1-4-16(15)11-14/h5-6,11,18H,1-4,7-10,12-13H2. The van der Waals surface area contributed by atoms with E-state index in [0.29, 0.717) is 18.7 Å². The molecule has 108 valence electrons. The van der Waals surface area contributed by atoms with E-state index in [1.54, 1.807) is 0 Å². The van der Waals surface area contributed by atoms with Crippen LogP contribution in [0.3, 0.4) is 0 Å². The van der Waals surface area contributed by atoms with Crippen molar-refractivity contribution in [3.8, 4) is 0 Å². The summed E-state index contributed by atoms with van der Waals surface area (Å²) in [5.74, 6) is 0.352. The molecule has 1 aromatic carbocycles. The van der Waals surface area contributed by atoms with Gasteiger partial charge < -0.3 is 5.32 Å². The number of fused-ring (bicyclic) bond motifs is 1. The summed E-state index contributed by atoms with van der Waals surface area (Å²) < 4.78 is 0. The second-order valence-corrected chi connectivity index (χ2v) is 6.05. The molecule has 0 amide bonds. The Labute approximate surface area is 121 Å². The number of aryl methyl sites for hydroxylation is 2. The Balaban J connectivity index is 1.55. The van der Waals surface area contributed by atoms with Crippen LogP contribution in [-0.2, 0) is 24.1 Å². The molecule has 1 aliphatic carbocycles. The van der Waals surface area contributed by atoms with Gasteiger partial charge in [0, 0.05) is 19.5 Å². The number of ketones is 1. The Morgan fingerprint density at radius 3 is 2.95 bits per heavy atom. The average Bonchev–Trinajstić information content (AvgIpc) is 2.75. The summed E-state index contributed by atoms with van der Waals surface area (Å²) in [6, 6.07) is 6.62. The van der Waals surface area contributed by atoms with Crippen molar-refractivity contribution in [1.29, 1.82) is 0 Å². The highest BCUT2D eigenvalue weighted by molar-refractivity contribution is 5.82. The first-order valence-corrected chi connectivity index (χ1v) is 7.87. The second kappa shape index (κ2) is 6.51. The van der Waals surface area contributed by atoms with Crippen LogP contribution < -0.4 is 5.32 Å². The maximum absolute atomic E-state index is 12.2. The number of benzene rings is 1. The van der Waals surface area contributed by atoms with E-state index in [1.165, 1.54) is 36.0 Å². The largest absolute Gasteiger partial charge is 0.315 e. The summed E-state index contributed by atoms with van der Waals surface area (Å²) in [7, 11) is 0. The van der Waals surface area contributed by atoms with Crippen LogP contribution in [0.1, 0.15) is 29.5 Å². The number of rotatable bonds is 4. The molecule has 0 saturated carbocycles. The van der Waals surface area contributed by atoms with Crippen molar-refractivity contribution in [3.05, 3.63) is 34.9 Å². The summed E-state index contributed by atoms with van der Waals surface area (Å²) in [6.07, 6.45) is 5.41. The average molecular weight is 272 g/mol. The van der Waals surface area contributed by atoms with Crippen molar-refractivity contribution in [2.24, 2.45) is 0 Å². The zero-order valence-electron chi connectivity index (χ0n) is 12.2. The number of carbonyl (C=O) groups is 1. The minimum atomic E-state index is 0.352. The first kappa shape index (κ1) is 13.8. The van der Waals surface area contributed by atoms with Crippen LogP contribution in [0.5, 0.6) is 0 Å². The Hall–Kier alpha value is -1.19. The quantitative estimate of drug-likeness (QED) is 0.903. The third-order valence-electron chi connectivity index (χ3n) is 4.40. The van der Waals surface area contributed by atoms with Crippen LogP contribution in [0.15, 0.2) is 18.2 Å². The highest BCUT2D eigenvalue weighted by atomic mass is 16.1. The van der Waals surface area contributed by atoms with Crippen LogP contribution in [0.2, 0.25) is 0 Å². The summed E-state index contributed by atoms with van der Waals surface area (Å²) in [6.45, 7) is 4.74. The molecule has 0 aromatic heterocycles.